The maximum atomic E-state index is 13.2. The quantitative estimate of drug-likeness (QED) is 0.822. The molecule has 0 aromatic heterocycles. The van der Waals surface area contributed by atoms with Crippen LogP contribution in [-0.2, 0) is 6.54 Å². The highest BCUT2D eigenvalue weighted by molar-refractivity contribution is 9.10. The van der Waals surface area contributed by atoms with Crippen LogP contribution in [0.5, 0.6) is 0 Å². The van der Waals surface area contributed by atoms with E-state index < -0.39 is 5.82 Å². The maximum Gasteiger partial charge on any atom is 0.252 e. The molecule has 0 saturated heterocycles. The van der Waals surface area contributed by atoms with Crippen molar-refractivity contribution in [3.63, 3.8) is 0 Å². The minimum Gasteiger partial charge on any atom is -0.396 e. The van der Waals surface area contributed by atoms with Gasteiger partial charge in [0.05, 0.1) is 11.3 Å². The lowest BCUT2D eigenvalue weighted by molar-refractivity contribution is 0.0950. The summed E-state index contributed by atoms with van der Waals surface area (Å²) in [7, 11) is 0. The zero-order chi connectivity index (χ0) is 14.7. The maximum absolute atomic E-state index is 13.2. The van der Waals surface area contributed by atoms with E-state index in [1.54, 1.807) is 18.2 Å². The van der Waals surface area contributed by atoms with Crippen molar-refractivity contribution in [3.8, 4) is 0 Å². The van der Waals surface area contributed by atoms with E-state index in [1.807, 2.05) is 6.07 Å². The first-order chi connectivity index (χ1) is 9.47. The van der Waals surface area contributed by atoms with Gasteiger partial charge in [-0.05, 0) is 45.8 Å². The number of nitrogen functional groups attached to an aromatic ring is 1. The Morgan fingerprint density at radius 2 is 2.10 bits per heavy atom. The SMILES string of the molecule is Nc1cc(C(=O)NCc2cccc(Cl)c2)c(Br)cc1F. The number of carbonyl (C=O) groups excluding carboxylic acids is 1. The molecule has 0 aliphatic heterocycles. The van der Waals surface area contributed by atoms with E-state index in [9.17, 15) is 9.18 Å². The molecule has 3 N–H and O–H groups in total. The van der Waals surface area contributed by atoms with Crippen LogP contribution in [0.2, 0.25) is 5.02 Å². The van der Waals surface area contributed by atoms with E-state index >= 15 is 0 Å². The Labute approximate surface area is 129 Å². The number of carbonyl (C=O) groups is 1. The summed E-state index contributed by atoms with van der Waals surface area (Å²) in [6.45, 7) is 0.323. The molecule has 0 heterocycles. The van der Waals surface area contributed by atoms with Crippen LogP contribution < -0.4 is 11.1 Å². The number of nitrogens with one attached hydrogen (secondary N) is 1. The van der Waals surface area contributed by atoms with Gasteiger partial charge in [0.15, 0.2) is 0 Å². The summed E-state index contributed by atoms with van der Waals surface area (Å²) in [5.41, 5.74) is 6.55. The normalized spacial score (nSPS) is 10.3. The number of benzene rings is 2. The third-order valence-corrected chi connectivity index (χ3v) is 3.56. The average molecular weight is 358 g/mol. The van der Waals surface area contributed by atoms with Crippen LogP contribution in [-0.4, -0.2) is 5.91 Å². The van der Waals surface area contributed by atoms with Gasteiger partial charge in [-0.25, -0.2) is 4.39 Å². The summed E-state index contributed by atoms with van der Waals surface area (Å²) in [4.78, 5) is 12.0. The Kier molecular flexibility index (Phi) is 4.62. The van der Waals surface area contributed by atoms with Crippen LogP contribution in [0.3, 0.4) is 0 Å². The van der Waals surface area contributed by atoms with E-state index in [1.165, 1.54) is 12.1 Å². The Bertz CT molecular complexity index is 664. The van der Waals surface area contributed by atoms with Gasteiger partial charge in [0.2, 0.25) is 0 Å². The Morgan fingerprint density at radius 3 is 2.80 bits per heavy atom. The van der Waals surface area contributed by atoms with Crippen molar-refractivity contribution >= 4 is 39.1 Å². The Hall–Kier alpha value is -1.59. The van der Waals surface area contributed by atoms with Crippen molar-refractivity contribution < 1.29 is 9.18 Å². The second kappa shape index (κ2) is 6.24. The van der Waals surface area contributed by atoms with Gasteiger partial charge in [-0.3, -0.25) is 4.79 Å². The number of hydrogen-bond donors (Lipinski definition) is 2. The number of nitrogens with two attached hydrogens (primary N) is 1. The molecule has 3 nitrogen and oxygen atoms in total. The van der Waals surface area contributed by atoms with Crippen LogP contribution in [0.4, 0.5) is 10.1 Å². The molecular formula is C14H11BrClFN2O. The van der Waals surface area contributed by atoms with Crippen molar-refractivity contribution in [1.82, 2.24) is 5.32 Å². The van der Waals surface area contributed by atoms with Crippen LogP contribution in [0.15, 0.2) is 40.9 Å². The number of anilines is 1. The summed E-state index contributed by atoms with van der Waals surface area (Å²) in [5.74, 6) is -0.910. The van der Waals surface area contributed by atoms with Gasteiger partial charge in [-0.2, -0.15) is 0 Å². The standard InChI is InChI=1S/C14H11BrClFN2O/c15-11-6-12(17)13(18)5-10(11)14(20)19-7-8-2-1-3-9(16)4-8/h1-6H,7,18H2,(H,19,20). The van der Waals surface area contributed by atoms with Crippen molar-refractivity contribution in [2.75, 3.05) is 5.73 Å². The van der Waals surface area contributed by atoms with Crippen LogP contribution in [0.25, 0.3) is 0 Å². The number of amides is 1. The zero-order valence-electron chi connectivity index (χ0n) is 10.3. The summed E-state index contributed by atoms with van der Waals surface area (Å²) >= 11 is 9.00. The predicted octanol–water partition coefficient (Wildman–Crippen LogP) is 3.75. The molecular weight excluding hydrogens is 347 g/mol. The lowest BCUT2D eigenvalue weighted by Crippen LogP contribution is -2.23. The molecule has 2 aromatic rings. The predicted molar refractivity (Wildman–Crippen MR) is 81.1 cm³/mol. The minimum atomic E-state index is -0.566. The number of rotatable bonds is 3. The number of hydrogen-bond acceptors (Lipinski definition) is 2. The molecule has 0 radical (unpaired) electrons. The van der Waals surface area contributed by atoms with E-state index in [2.05, 4.69) is 21.2 Å². The first-order valence-electron chi connectivity index (χ1n) is 5.74. The largest absolute Gasteiger partial charge is 0.396 e. The van der Waals surface area contributed by atoms with Gasteiger partial charge in [-0.15, -0.1) is 0 Å². The van der Waals surface area contributed by atoms with Crippen molar-refractivity contribution in [2.24, 2.45) is 0 Å². The van der Waals surface area contributed by atoms with E-state index in [4.69, 9.17) is 17.3 Å². The van der Waals surface area contributed by atoms with Gasteiger partial charge in [0, 0.05) is 16.0 Å². The van der Waals surface area contributed by atoms with Crippen LogP contribution in [0, 0.1) is 5.82 Å². The highest BCUT2D eigenvalue weighted by Crippen LogP contribution is 2.22. The molecule has 0 bridgehead atoms. The molecule has 0 spiro atoms. The zero-order valence-corrected chi connectivity index (χ0v) is 12.6. The molecule has 1 amide bonds. The highest BCUT2D eigenvalue weighted by atomic mass is 79.9. The molecule has 0 fully saturated rings. The first kappa shape index (κ1) is 14.8. The van der Waals surface area contributed by atoms with E-state index in [0.717, 1.165) is 5.56 Å². The fraction of sp³-hybridized carbons (Fsp3) is 0.0714. The lowest BCUT2D eigenvalue weighted by atomic mass is 10.1. The van der Waals surface area contributed by atoms with Gasteiger partial charge >= 0.3 is 0 Å². The monoisotopic (exact) mass is 356 g/mol. The van der Waals surface area contributed by atoms with Crippen LogP contribution in [0.1, 0.15) is 15.9 Å². The lowest BCUT2D eigenvalue weighted by Gasteiger charge is -2.08. The first-order valence-corrected chi connectivity index (χ1v) is 6.91. The fourth-order valence-electron chi connectivity index (χ4n) is 1.66. The van der Waals surface area contributed by atoms with E-state index in [0.29, 0.717) is 16.0 Å². The second-order valence-electron chi connectivity index (χ2n) is 4.17. The molecule has 0 aliphatic rings. The topological polar surface area (TPSA) is 55.1 Å². The smallest absolute Gasteiger partial charge is 0.252 e. The van der Waals surface area contributed by atoms with Crippen molar-refractivity contribution in [1.29, 1.82) is 0 Å². The summed E-state index contributed by atoms with van der Waals surface area (Å²) in [6.07, 6.45) is 0. The molecule has 6 heteroatoms. The molecule has 20 heavy (non-hydrogen) atoms. The van der Waals surface area contributed by atoms with Gasteiger partial charge in [0.1, 0.15) is 5.82 Å². The van der Waals surface area contributed by atoms with Gasteiger partial charge in [-0.1, -0.05) is 23.7 Å². The summed E-state index contributed by atoms with van der Waals surface area (Å²) in [6, 6.07) is 9.63. The molecule has 0 saturated carbocycles. The molecule has 104 valence electrons. The third kappa shape index (κ3) is 3.49. The van der Waals surface area contributed by atoms with Gasteiger partial charge < -0.3 is 11.1 Å². The van der Waals surface area contributed by atoms with Crippen LogP contribution >= 0.6 is 27.5 Å². The van der Waals surface area contributed by atoms with E-state index in [-0.39, 0.29) is 17.2 Å². The van der Waals surface area contributed by atoms with Crippen molar-refractivity contribution in [2.45, 2.75) is 6.54 Å². The average Bonchev–Trinajstić information content (AvgIpc) is 2.40. The molecule has 0 aliphatic carbocycles. The number of halogens is 3. The minimum absolute atomic E-state index is 0.0684. The molecule has 2 aromatic carbocycles. The molecule has 0 unspecified atom stereocenters. The highest BCUT2D eigenvalue weighted by Gasteiger charge is 2.13. The molecule has 0 atom stereocenters. The summed E-state index contributed by atoms with van der Waals surface area (Å²) < 4.78 is 13.6. The second-order valence-corrected chi connectivity index (χ2v) is 5.46. The Morgan fingerprint density at radius 1 is 1.35 bits per heavy atom. The third-order valence-electron chi connectivity index (χ3n) is 2.67. The summed E-state index contributed by atoms with van der Waals surface area (Å²) in [5, 5.41) is 3.33. The van der Waals surface area contributed by atoms with Crippen molar-refractivity contribution in [3.05, 3.63) is 62.8 Å². The van der Waals surface area contributed by atoms with Gasteiger partial charge in [0.25, 0.3) is 5.91 Å². The Balaban J connectivity index is 2.11. The molecule has 2 rings (SSSR count). The fourth-order valence-corrected chi connectivity index (χ4v) is 2.37.